The highest BCUT2D eigenvalue weighted by atomic mass is 32.1. The zero-order valence-corrected chi connectivity index (χ0v) is 11.4. The molecule has 1 aromatic heterocycles. The molecule has 92 valence electrons. The largest absolute Gasteiger partial charge is 0.396 e. The Balaban J connectivity index is 2.57. The molecule has 0 amide bonds. The second-order valence-corrected chi connectivity index (χ2v) is 6.05. The van der Waals surface area contributed by atoms with Crippen molar-refractivity contribution in [1.29, 1.82) is 0 Å². The normalized spacial score (nSPS) is 14.1. The molecule has 1 rings (SSSR count). The van der Waals surface area contributed by atoms with Crippen LogP contribution >= 0.6 is 11.3 Å². The van der Waals surface area contributed by atoms with E-state index in [-0.39, 0.29) is 12.1 Å². The Morgan fingerprint density at radius 1 is 1.56 bits per heavy atom. The van der Waals surface area contributed by atoms with Gasteiger partial charge >= 0.3 is 0 Å². The first-order valence-electron chi connectivity index (χ1n) is 5.77. The SMILES string of the molecule is Cc1cnc(C(C)(C)NC(C)CCCO)s1. The van der Waals surface area contributed by atoms with Crippen LogP contribution in [0.4, 0.5) is 0 Å². The molecular weight excluding hydrogens is 220 g/mol. The number of aliphatic hydroxyl groups excluding tert-OH is 1. The van der Waals surface area contributed by atoms with Crippen LogP contribution in [0.5, 0.6) is 0 Å². The zero-order valence-electron chi connectivity index (χ0n) is 10.6. The van der Waals surface area contributed by atoms with Gasteiger partial charge in [0.2, 0.25) is 0 Å². The molecule has 16 heavy (non-hydrogen) atoms. The van der Waals surface area contributed by atoms with E-state index in [1.54, 1.807) is 11.3 Å². The quantitative estimate of drug-likeness (QED) is 0.805. The molecule has 1 aromatic rings. The van der Waals surface area contributed by atoms with Crippen LogP contribution in [0, 0.1) is 6.92 Å². The van der Waals surface area contributed by atoms with Crippen molar-refractivity contribution in [3.05, 3.63) is 16.1 Å². The molecular formula is C12H22N2OS. The minimum atomic E-state index is -0.0895. The van der Waals surface area contributed by atoms with E-state index in [1.807, 2.05) is 6.20 Å². The minimum Gasteiger partial charge on any atom is -0.396 e. The lowest BCUT2D eigenvalue weighted by Crippen LogP contribution is -2.42. The van der Waals surface area contributed by atoms with Crippen molar-refractivity contribution in [2.45, 2.75) is 52.1 Å². The van der Waals surface area contributed by atoms with Crippen LogP contribution in [-0.4, -0.2) is 22.7 Å². The van der Waals surface area contributed by atoms with Gasteiger partial charge in [-0.1, -0.05) is 0 Å². The van der Waals surface area contributed by atoms with Gasteiger partial charge in [-0.15, -0.1) is 11.3 Å². The number of nitrogens with zero attached hydrogens (tertiary/aromatic N) is 1. The molecule has 0 spiro atoms. The third-order valence-electron chi connectivity index (χ3n) is 2.56. The summed E-state index contributed by atoms with van der Waals surface area (Å²) in [6.07, 6.45) is 3.76. The standard InChI is InChI=1S/C12H22N2OS/c1-9(6-5-7-15)14-12(3,4)11-13-8-10(2)16-11/h8-9,14-15H,5-7H2,1-4H3. The van der Waals surface area contributed by atoms with Gasteiger partial charge in [-0.05, 0) is 40.5 Å². The highest BCUT2D eigenvalue weighted by Gasteiger charge is 2.25. The Hall–Kier alpha value is -0.450. The van der Waals surface area contributed by atoms with Gasteiger partial charge in [-0.2, -0.15) is 0 Å². The van der Waals surface area contributed by atoms with Gasteiger partial charge in [-0.25, -0.2) is 4.98 Å². The molecule has 4 heteroatoms. The van der Waals surface area contributed by atoms with Crippen LogP contribution in [0.25, 0.3) is 0 Å². The molecule has 0 saturated carbocycles. The van der Waals surface area contributed by atoms with Gasteiger partial charge in [0.15, 0.2) is 0 Å². The highest BCUT2D eigenvalue weighted by molar-refractivity contribution is 7.11. The molecule has 1 heterocycles. The first-order chi connectivity index (χ1) is 7.45. The Kier molecular flexibility index (Phi) is 4.89. The van der Waals surface area contributed by atoms with Gasteiger partial charge < -0.3 is 10.4 Å². The van der Waals surface area contributed by atoms with Crippen molar-refractivity contribution in [1.82, 2.24) is 10.3 Å². The van der Waals surface area contributed by atoms with Crippen molar-refractivity contribution in [2.75, 3.05) is 6.61 Å². The van der Waals surface area contributed by atoms with E-state index in [1.165, 1.54) is 4.88 Å². The number of rotatable bonds is 6. The number of hydrogen-bond donors (Lipinski definition) is 2. The van der Waals surface area contributed by atoms with Crippen LogP contribution in [0.15, 0.2) is 6.20 Å². The molecule has 0 aliphatic heterocycles. The fourth-order valence-electron chi connectivity index (χ4n) is 1.79. The van der Waals surface area contributed by atoms with Gasteiger partial charge in [0.25, 0.3) is 0 Å². The van der Waals surface area contributed by atoms with Crippen molar-refractivity contribution < 1.29 is 5.11 Å². The topological polar surface area (TPSA) is 45.2 Å². The van der Waals surface area contributed by atoms with E-state index in [9.17, 15) is 0 Å². The predicted octanol–water partition coefficient (Wildman–Crippen LogP) is 2.44. The molecule has 0 aliphatic rings. The number of thiazole rings is 1. The van der Waals surface area contributed by atoms with Gasteiger partial charge in [0.1, 0.15) is 5.01 Å². The molecule has 1 unspecified atom stereocenters. The number of aliphatic hydroxyl groups is 1. The number of aromatic nitrogens is 1. The van der Waals surface area contributed by atoms with E-state index < -0.39 is 0 Å². The molecule has 0 radical (unpaired) electrons. The van der Waals surface area contributed by atoms with Crippen molar-refractivity contribution in [3.63, 3.8) is 0 Å². The maximum atomic E-state index is 8.80. The van der Waals surface area contributed by atoms with E-state index in [0.717, 1.165) is 17.8 Å². The average Bonchev–Trinajstić information content (AvgIpc) is 2.62. The molecule has 3 nitrogen and oxygen atoms in total. The summed E-state index contributed by atoms with van der Waals surface area (Å²) in [6, 6.07) is 0.395. The maximum absolute atomic E-state index is 8.80. The first kappa shape index (κ1) is 13.6. The summed E-state index contributed by atoms with van der Waals surface area (Å²) in [4.78, 5) is 5.67. The molecule has 0 aliphatic carbocycles. The Morgan fingerprint density at radius 2 is 2.25 bits per heavy atom. The van der Waals surface area contributed by atoms with E-state index >= 15 is 0 Å². The lowest BCUT2D eigenvalue weighted by molar-refractivity contribution is 0.264. The zero-order chi connectivity index (χ0) is 12.2. The highest BCUT2D eigenvalue weighted by Crippen LogP contribution is 2.25. The lowest BCUT2D eigenvalue weighted by atomic mass is 10.0. The Bertz CT molecular complexity index is 323. The van der Waals surface area contributed by atoms with Crippen molar-refractivity contribution in [3.8, 4) is 0 Å². The van der Waals surface area contributed by atoms with Crippen LogP contribution in [-0.2, 0) is 5.54 Å². The third-order valence-corrected chi connectivity index (χ3v) is 3.79. The second kappa shape index (κ2) is 5.75. The summed E-state index contributed by atoms with van der Waals surface area (Å²) in [5.74, 6) is 0. The van der Waals surface area contributed by atoms with E-state index in [0.29, 0.717) is 6.04 Å². The van der Waals surface area contributed by atoms with Crippen LogP contribution < -0.4 is 5.32 Å². The van der Waals surface area contributed by atoms with Crippen LogP contribution in [0.3, 0.4) is 0 Å². The molecule has 2 N–H and O–H groups in total. The maximum Gasteiger partial charge on any atom is 0.112 e. The first-order valence-corrected chi connectivity index (χ1v) is 6.59. The van der Waals surface area contributed by atoms with E-state index in [4.69, 9.17) is 5.11 Å². The summed E-state index contributed by atoms with van der Waals surface area (Å²) >= 11 is 1.74. The van der Waals surface area contributed by atoms with Crippen molar-refractivity contribution in [2.24, 2.45) is 0 Å². The van der Waals surface area contributed by atoms with Crippen LogP contribution in [0.1, 0.15) is 43.5 Å². The average molecular weight is 242 g/mol. The summed E-state index contributed by atoms with van der Waals surface area (Å²) < 4.78 is 0. The number of hydrogen-bond acceptors (Lipinski definition) is 4. The number of aryl methyl sites for hydroxylation is 1. The van der Waals surface area contributed by atoms with Crippen LogP contribution in [0.2, 0.25) is 0 Å². The molecule has 1 atom stereocenters. The second-order valence-electron chi connectivity index (χ2n) is 4.81. The van der Waals surface area contributed by atoms with Crippen molar-refractivity contribution >= 4 is 11.3 Å². The molecule has 0 aromatic carbocycles. The van der Waals surface area contributed by atoms with Gasteiger partial charge in [0, 0.05) is 23.7 Å². The minimum absolute atomic E-state index is 0.0895. The fourth-order valence-corrected chi connectivity index (χ4v) is 2.62. The summed E-state index contributed by atoms with van der Waals surface area (Å²) in [6.45, 7) is 8.80. The Labute approximate surface area is 102 Å². The predicted molar refractivity (Wildman–Crippen MR) is 68.8 cm³/mol. The van der Waals surface area contributed by atoms with E-state index in [2.05, 4.69) is 38.0 Å². The molecule has 0 saturated heterocycles. The fraction of sp³-hybridized carbons (Fsp3) is 0.750. The summed E-state index contributed by atoms with van der Waals surface area (Å²) in [5, 5.41) is 13.5. The smallest absolute Gasteiger partial charge is 0.112 e. The lowest BCUT2D eigenvalue weighted by Gasteiger charge is -2.28. The number of nitrogens with one attached hydrogen (secondary N) is 1. The third kappa shape index (κ3) is 3.85. The van der Waals surface area contributed by atoms with Gasteiger partial charge in [-0.3, -0.25) is 0 Å². The Morgan fingerprint density at radius 3 is 2.75 bits per heavy atom. The molecule has 0 fully saturated rings. The summed E-state index contributed by atoms with van der Waals surface area (Å²) in [7, 11) is 0. The summed E-state index contributed by atoms with van der Waals surface area (Å²) in [5.41, 5.74) is -0.0895. The van der Waals surface area contributed by atoms with Gasteiger partial charge in [0.05, 0.1) is 5.54 Å². The molecule has 0 bridgehead atoms. The monoisotopic (exact) mass is 242 g/mol.